The Bertz CT molecular complexity index is 534. The van der Waals surface area contributed by atoms with E-state index in [1.807, 2.05) is 6.92 Å². The lowest BCUT2D eigenvalue weighted by Crippen LogP contribution is -2.43. The molecular weight excluding hydrogens is 316 g/mol. The van der Waals surface area contributed by atoms with Crippen LogP contribution in [0.1, 0.15) is 18.4 Å². The van der Waals surface area contributed by atoms with Gasteiger partial charge in [-0.2, -0.15) is 0 Å². The van der Waals surface area contributed by atoms with Crippen molar-refractivity contribution in [3.8, 4) is 0 Å². The van der Waals surface area contributed by atoms with Crippen molar-refractivity contribution >= 4 is 23.0 Å². The highest BCUT2D eigenvalue weighted by Gasteiger charge is 2.20. The molecule has 0 amide bonds. The van der Waals surface area contributed by atoms with Gasteiger partial charge in [0.2, 0.25) is 0 Å². The summed E-state index contributed by atoms with van der Waals surface area (Å²) in [5.74, 6) is 0. The molecule has 1 heterocycles. The Morgan fingerprint density at radius 1 is 1.39 bits per heavy atom. The van der Waals surface area contributed by atoms with Crippen LogP contribution in [0.25, 0.3) is 0 Å². The summed E-state index contributed by atoms with van der Waals surface area (Å²) in [7, 11) is 4.28. The second kappa shape index (κ2) is 7.95. The first-order valence-corrected chi connectivity index (χ1v) is 8.33. The van der Waals surface area contributed by atoms with E-state index < -0.39 is 4.92 Å². The number of nitrogens with one attached hydrogen (secondary N) is 1. The fraction of sp³-hybridized carbons (Fsp3) is 0.625. The number of nitro benzene ring substituents is 1. The molecule has 23 heavy (non-hydrogen) atoms. The summed E-state index contributed by atoms with van der Waals surface area (Å²) in [5, 5.41) is 14.6. The van der Waals surface area contributed by atoms with Crippen molar-refractivity contribution in [1.82, 2.24) is 9.80 Å². The van der Waals surface area contributed by atoms with Gasteiger partial charge in [-0.3, -0.25) is 10.1 Å². The van der Waals surface area contributed by atoms with Crippen LogP contribution in [0, 0.1) is 17.0 Å². The topological polar surface area (TPSA) is 61.7 Å². The number of aryl methyl sites for hydroxylation is 1. The molecule has 0 atom stereocenters. The molecule has 1 aromatic rings. The monoisotopic (exact) mass is 340 g/mol. The minimum atomic E-state index is -0.419. The number of halogens is 1. The predicted octanol–water partition coefficient (Wildman–Crippen LogP) is 2.99. The van der Waals surface area contributed by atoms with Crippen LogP contribution in [0.3, 0.4) is 0 Å². The van der Waals surface area contributed by atoms with Gasteiger partial charge in [-0.05, 0) is 52.5 Å². The van der Waals surface area contributed by atoms with Crippen molar-refractivity contribution < 1.29 is 4.92 Å². The van der Waals surface area contributed by atoms with Crippen molar-refractivity contribution in [3.63, 3.8) is 0 Å². The summed E-state index contributed by atoms with van der Waals surface area (Å²) in [6, 6.07) is 3.64. The summed E-state index contributed by atoms with van der Waals surface area (Å²) in [5.41, 5.74) is 1.62. The maximum atomic E-state index is 10.8. The number of benzene rings is 1. The van der Waals surface area contributed by atoms with Gasteiger partial charge in [-0.15, -0.1) is 0 Å². The number of non-ortho nitro benzene ring substituents is 1. The summed E-state index contributed by atoms with van der Waals surface area (Å²) in [6.07, 6.45) is 2.40. The molecule has 2 rings (SSSR count). The summed E-state index contributed by atoms with van der Waals surface area (Å²) < 4.78 is 0. The second-order valence-electron chi connectivity index (χ2n) is 6.34. The van der Waals surface area contributed by atoms with Crippen LogP contribution in [-0.2, 0) is 0 Å². The van der Waals surface area contributed by atoms with Gasteiger partial charge < -0.3 is 15.1 Å². The maximum absolute atomic E-state index is 10.8. The standard InChI is InChI=1S/C16H25ClN4O2/c1-12-10-14(21(22)23)11-15(17)16(12)18-6-9-20-7-4-13(5-8-20)19(2)3/h10-11,13,18H,4-9H2,1-3H3. The molecule has 0 saturated carbocycles. The molecule has 0 bridgehead atoms. The van der Waals surface area contributed by atoms with Crippen LogP contribution >= 0.6 is 11.6 Å². The largest absolute Gasteiger partial charge is 0.382 e. The average molecular weight is 341 g/mol. The van der Waals surface area contributed by atoms with Gasteiger partial charge in [0.15, 0.2) is 0 Å². The van der Waals surface area contributed by atoms with Crippen LogP contribution in [0.5, 0.6) is 0 Å². The number of likely N-dealkylation sites (tertiary alicyclic amines) is 1. The van der Waals surface area contributed by atoms with Crippen molar-refractivity contribution in [3.05, 3.63) is 32.8 Å². The minimum absolute atomic E-state index is 0.0313. The quantitative estimate of drug-likeness (QED) is 0.637. The molecule has 0 spiro atoms. The zero-order valence-corrected chi connectivity index (χ0v) is 14.8. The molecule has 128 valence electrons. The SMILES string of the molecule is Cc1cc([N+](=O)[O-])cc(Cl)c1NCCN1CCC(N(C)C)CC1. The average Bonchev–Trinajstić information content (AvgIpc) is 2.50. The molecule has 1 fully saturated rings. The first-order chi connectivity index (χ1) is 10.9. The third-order valence-corrected chi connectivity index (χ3v) is 4.80. The highest BCUT2D eigenvalue weighted by Crippen LogP contribution is 2.30. The summed E-state index contributed by atoms with van der Waals surface area (Å²) >= 11 is 6.17. The number of hydrogen-bond acceptors (Lipinski definition) is 5. The number of piperidine rings is 1. The smallest absolute Gasteiger partial charge is 0.271 e. The number of anilines is 1. The number of rotatable bonds is 6. The van der Waals surface area contributed by atoms with Gasteiger partial charge in [0.1, 0.15) is 0 Å². The molecule has 1 N–H and O–H groups in total. The van der Waals surface area contributed by atoms with E-state index >= 15 is 0 Å². The van der Waals surface area contributed by atoms with Crippen molar-refractivity contribution in [1.29, 1.82) is 0 Å². The first kappa shape index (κ1) is 18.0. The Labute approximate surface area is 142 Å². The Morgan fingerprint density at radius 3 is 2.57 bits per heavy atom. The highest BCUT2D eigenvalue weighted by atomic mass is 35.5. The van der Waals surface area contributed by atoms with Crippen LogP contribution in [-0.4, -0.2) is 61.0 Å². The fourth-order valence-corrected chi connectivity index (χ4v) is 3.38. The predicted molar refractivity (Wildman–Crippen MR) is 94.5 cm³/mol. The van der Waals surface area contributed by atoms with E-state index in [1.165, 1.54) is 18.9 Å². The van der Waals surface area contributed by atoms with Gasteiger partial charge in [-0.1, -0.05) is 11.6 Å². The Balaban J connectivity index is 1.84. The summed E-state index contributed by atoms with van der Waals surface area (Å²) in [4.78, 5) is 15.2. The Hall–Kier alpha value is -1.37. The normalized spacial score (nSPS) is 16.7. The van der Waals surface area contributed by atoms with Crippen molar-refractivity contribution in [2.24, 2.45) is 0 Å². The number of hydrogen-bond donors (Lipinski definition) is 1. The van der Waals surface area contributed by atoms with Crippen LogP contribution in [0.2, 0.25) is 5.02 Å². The molecule has 7 heteroatoms. The molecule has 0 aliphatic carbocycles. The van der Waals surface area contributed by atoms with Crippen LogP contribution in [0.4, 0.5) is 11.4 Å². The van der Waals surface area contributed by atoms with E-state index in [0.29, 0.717) is 11.1 Å². The van der Waals surface area contributed by atoms with E-state index in [-0.39, 0.29) is 5.69 Å². The zero-order valence-electron chi connectivity index (χ0n) is 14.0. The lowest BCUT2D eigenvalue weighted by Gasteiger charge is -2.35. The molecule has 1 aliphatic rings. The number of nitrogens with zero attached hydrogens (tertiary/aromatic N) is 3. The van der Waals surface area contributed by atoms with E-state index in [2.05, 4.69) is 29.2 Å². The minimum Gasteiger partial charge on any atom is -0.382 e. The Morgan fingerprint density at radius 2 is 2.04 bits per heavy atom. The van der Waals surface area contributed by atoms with Gasteiger partial charge in [0, 0.05) is 31.3 Å². The van der Waals surface area contributed by atoms with E-state index in [0.717, 1.165) is 37.4 Å². The molecule has 1 aromatic carbocycles. The molecule has 1 saturated heterocycles. The molecule has 0 unspecified atom stereocenters. The summed E-state index contributed by atoms with van der Waals surface area (Å²) in [6.45, 7) is 5.79. The van der Waals surface area contributed by atoms with Gasteiger partial charge in [0.05, 0.1) is 15.6 Å². The molecule has 6 nitrogen and oxygen atoms in total. The van der Waals surface area contributed by atoms with Crippen molar-refractivity contribution in [2.75, 3.05) is 45.6 Å². The highest BCUT2D eigenvalue weighted by molar-refractivity contribution is 6.33. The van der Waals surface area contributed by atoms with E-state index in [9.17, 15) is 10.1 Å². The lowest BCUT2D eigenvalue weighted by molar-refractivity contribution is -0.384. The van der Waals surface area contributed by atoms with Gasteiger partial charge in [0.25, 0.3) is 5.69 Å². The maximum Gasteiger partial charge on any atom is 0.271 e. The molecule has 1 aliphatic heterocycles. The molecule has 0 radical (unpaired) electrons. The molecule has 0 aromatic heterocycles. The van der Waals surface area contributed by atoms with E-state index in [4.69, 9.17) is 11.6 Å². The second-order valence-corrected chi connectivity index (χ2v) is 6.75. The zero-order chi connectivity index (χ0) is 17.0. The lowest BCUT2D eigenvalue weighted by atomic mass is 10.0. The fourth-order valence-electron chi connectivity index (χ4n) is 3.05. The number of nitro groups is 1. The van der Waals surface area contributed by atoms with Crippen LogP contribution in [0.15, 0.2) is 12.1 Å². The van der Waals surface area contributed by atoms with Crippen LogP contribution < -0.4 is 5.32 Å². The molecular formula is C16H25ClN4O2. The van der Waals surface area contributed by atoms with E-state index in [1.54, 1.807) is 6.07 Å². The Kier molecular flexibility index (Phi) is 6.21. The first-order valence-electron chi connectivity index (χ1n) is 7.95. The van der Waals surface area contributed by atoms with Gasteiger partial charge in [-0.25, -0.2) is 0 Å². The third kappa shape index (κ3) is 4.80. The third-order valence-electron chi connectivity index (χ3n) is 4.50. The van der Waals surface area contributed by atoms with Crippen molar-refractivity contribution in [2.45, 2.75) is 25.8 Å². The van der Waals surface area contributed by atoms with Gasteiger partial charge >= 0.3 is 0 Å².